The van der Waals surface area contributed by atoms with Crippen molar-refractivity contribution < 1.29 is 23.1 Å². The summed E-state index contributed by atoms with van der Waals surface area (Å²) in [5, 5.41) is 23.1. The van der Waals surface area contributed by atoms with Crippen molar-refractivity contribution in [3.63, 3.8) is 0 Å². The van der Waals surface area contributed by atoms with E-state index in [0.717, 1.165) is 28.1 Å². The molecule has 0 radical (unpaired) electrons. The molecule has 4 rings (SSSR count). The molecular weight excluding hydrogens is 443 g/mol. The predicted molar refractivity (Wildman–Crippen MR) is 123 cm³/mol. The Bertz CT molecular complexity index is 1400. The van der Waals surface area contributed by atoms with E-state index in [0.29, 0.717) is 6.07 Å². The number of amides is 1. The van der Waals surface area contributed by atoms with Crippen LogP contribution >= 0.6 is 0 Å². The zero-order chi connectivity index (χ0) is 24.5. The number of nitrogens with zero attached hydrogens (tertiary/aromatic N) is 2. The van der Waals surface area contributed by atoms with Crippen LogP contribution in [0.1, 0.15) is 18.1 Å². The SMILES string of the molecule is C[C@@](O)(Cn1ccc2c(-c3ccccc3)cccc21)C(=O)Nc1ccc(C#N)c(C(F)(F)F)c1. The number of nitrogens with one attached hydrogen (secondary N) is 1. The monoisotopic (exact) mass is 463 g/mol. The summed E-state index contributed by atoms with van der Waals surface area (Å²) in [6.45, 7) is 1.17. The molecule has 172 valence electrons. The van der Waals surface area contributed by atoms with Crippen LogP contribution in [-0.2, 0) is 17.5 Å². The average molecular weight is 463 g/mol. The van der Waals surface area contributed by atoms with Gasteiger partial charge in [0.2, 0.25) is 0 Å². The summed E-state index contributed by atoms with van der Waals surface area (Å²) in [6, 6.07) is 21.8. The topological polar surface area (TPSA) is 78.1 Å². The number of aliphatic hydroxyl groups is 1. The second-order valence-corrected chi connectivity index (χ2v) is 8.15. The maximum Gasteiger partial charge on any atom is 0.417 e. The highest BCUT2D eigenvalue weighted by atomic mass is 19.4. The van der Waals surface area contributed by atoms with Crippen molar-refractivity contribution in [2.75, 3.05) is 5.32 Å². The minimum atomic E-state index is -4.76. The number of fused-ring (bicyclic) bond motifs is 1. The summed E-state index contributed by atoms with van der Waals surface area (Å²) < 4.78 is 41.4. The largest absolute Gasteiger partial charge is 0.417 e. The third-order valence-electron chi connectivity index (χ3n) is 5.57. The number of nitriles is 1. The van der Waals surface area contributed by atoms with Gasteiger partial charge in [-0.1, -0.05) is 42.5 Å². The van der Waals surface area contributed by atoms with Gasteiger partial charge in [0, 0.05) is 22.8 Å². The van der Waals surface area contributed by atoms with Crippen LogP contribution in [0.25, 0.3) is 22.0 Å². The van der Waals surface area contributed by atoms with Gasteiger partial charge in [0.1, 0.15) is 0 Å². The number of aromatic nitrogens is 1. The summed E-state index contributed by atoms with van der Waals surface area (Å²) in [4.78, 5) is 12.8. The maximum absolute atomic E-state index is 13.2. The zero-order valence-corrected chi connectivity index (χ0v) is 18.1. The molecule has 0 aliphatic rings. The lowest BCUT2D eigenvalue weighted by Gasteiger charge is -2.24. The van der Waals surface area contributed by atoms with Crippen LogP contribution in [-0.4, -0.2) is 21.2 Å². The molecule has 0 saturated carbocycles. The van der Waals surface area contributed by atoms with Crippen LogP contribution < -0.4 is 5.32 Å². The lowest BCUT2D eigenvalue weighted by molar-refractivity contribution is -0.138. The molecule has 0 spiro atoms. The number of halogens is 3. The lowest BCUT2D eigenvalue weighted by Crippen LogP contribution is -2.43. The van der Waals surface area contributed by atoms with Gasteiger partial charge in [0.25, 0.3) is 5.91 Å². The number of hydrogen-bond acceptors (Lipinski definition) is 3. The molecule has 4 aromatic rings. The highest BCUT2D eigenvalue weighted by Crippen LogP contribution is 2.34. The number of anilines is 1. The summed E-state index contributed by atoms with van der Waals surface area (Å²) in [6.07, 6.45) is -3.00. The van der Waals surface area contributed by atoms with Crippen molar-refractivity contribution in [1.29, 1.82) is 5.26 Å². The van der Waals surface area contributed by atoms with Gasteiger partial charge in [-0.3, -0.25) is 4.79 Å². The molecule has 2 N–H and O–H groups in total. The molecule has 34 heavy (non-hydrogen) atoms. The van der Waals surface area contributed by atoms with E-state index in [1.165, 1.54) is 19.1 Å². The van der Waals surface area contributed by atoms with E-state index in [9.17, 15) is 23.1 Å². The molecule has 0 fully saturated rings. The van der Waals surface area contributed by atoms with Gasteiger partial charge in [-0.05, 0) is 48.4 Å². The van der Waals surface area contributed by atoms with Gasteiger partial charge >= 0.3 is 6.18 Å². The van der Waals surface area contributed by atoms with Gasteiger partial charge in [-0.15, -0.1) is 0 Å². The maximum atomic E-state index is 13.2. The molecular formula is C26H20F3N3O2. The van der Waals surface area contributed by atoms with Crippen molar-refractivity contribution in [2.45, 2.75) is 25.2 Å². The van der Waals surface area contributed by atoms with Crippen LogP contribution in [0.4, 0.5) is 18.9 Å². The predicted octanol–water partition coefficient (Wildman–Crippen LogP) is 5.59. The number of alkyl halides is 3. The van der Waals surface area contributed by atoms with E-state index in [-0.39, 0.29) is 12.2 Å². The molecule has 0 unspecified atom stereocenters. The Morgan fingerprint density at radius 1 is 1.06 bits per heavy atom. The van der Waals surface area contributed by atoms with Crippen LogP contribution in [0.15, 0.2) is 79.0 Å². The molecule has 5 nitrogen and oxygen atoms in total. The minimum Gasteiger partial charge on any atom is -0.378 e. The standard InChI is InChI=1S/C26H20F3N3O2/c1-25(34,24(33)31-19-11-10-18(15-30)22(14-19)26(27,28)29)16-32-13-12-21-20(8-5-9-23(21)32)17-6-3-2-4-7-17/h2-14,34H,16H2,1H3,(H,31,33)/t25-/m1/s1. The fourth-order valence-electron chi connectivity index (χ4n) is 3.85. The molecule has 1 amide bonds. The first kappa shape index (κ1) is 23.1. The first-order valence-electron chi connectivity index (χ1n) is 10.4. The van der Waals surface area contributed by atoms with Gasteiger partial charge < -0.3 is 15.0 Å². The molecule has 1 aromatic heterocycles. The Kier molecular flexibility index (Phi) is 5.90. The number of carbonyl (C=O) groups excluding carboxylic acids is 1. The van der Waals surface area contributed by atoms with Crippen molar-refractivity contribution in [3.05, 3.63) is 90.1 Å². The second-order valence-electron chi connectivity index (χ2n) is 8.15. The Morgan fingerprint density at radius 3 is 2.47 bits per heavy atom. The Hall–Kier alpha value is -4.09. The van der Waals surface area contributed by atoms with Crippen LogP contribution in [0.3, 0.4) is 0 Å². The van der Waals surface area contributed by atoms with E-state index < -0.39 is 28.8 Å². The van der Waals surface area contributed by atoms with Gasteiger partial charge in [-0.25, -0.2) is 0 Å². The highest BCUT2D eigenvalue weighted by Gasteiger charge is 2.35. The molecule has 0 bridgehead atoms. The number of benzene rings is 3. The van der Waals surface area contributed by atoms with Gasteiger partial charge in [-0.2, -0.15) is 18.4 Å². The van der Waals surface area contributed by atoms with Crippen LogP contribution in [0.5, 0.6) is 0 Å². The fraction of sp³-hybridized carbons (Fsp3) is 0.154. The van der Waals surface area contributed by atoms with Crippen molar-refractivity contribution in [2.24, 2.45) is 0 Å². The summed E-state index contributed by atoms with van der Waals surface area (Å²) in [5.74, 6) is -0.869. The number of hydrogen-bond donors (Lipinski definition) is 2. The average Bonchev–Trinajstić information content (AvgIpc) is 3.21. The molecule has 0 saturated heterocycles. The lowest BCUT2D eigenvalue weighted by atomic mass is 10.0. The van der Waals surface area contributed by atoms with Crippen molar-refractivity contribution in [1.82, 2.24) is 4.57 Å². The minimum absolute atomic E-state index is 0.122. The summed E-state index contributed by atoms with van der Waals surface area (Å²) in [7, 11) is 0. The summed E-state index contributed by atoms with van der Waals surface area (Å²) in [5.41, 5.74) is -0.981. The van der Waals surface area contributed by atoms with Gasteiger partial charge in [0.05, 0.1) is 23.7 Å². The van der Waals surface area contributed by atoms with Crippen LogP contribution in [0.2, 0.25) is 0 Å². The van der Waals surface area contributed by atoms with Crippen molar-refractivity contribution in [3.8, 4) is 17.2 Å². The normalized spacial score (nSPS) is 13.3. The van der Waals surface area contributed by atoms with Crippen LogP contribution in [0, 0.1) is 11.3 Å². The smallest absolute Gasteiger partial charge is 0.378 e. The van der Waals surface area contributed by atoms with E-state index in [2.05, 4.69) is 5.32 Å². The van der Waals surface area contributed by atoms with Crippen molar-refractivity contribution >= 4 is 22.5 Å². The third kappa shape index (κ3) is 4.51. The Balaban J connectivity index is 1.59. The zero-order valence-electron chi connectivity index (χ0n) is 18.1. The Morgan fingerprint density at radius 2 is 1.79 bits per heavy atom. The molecule has 0 aliphatic carbocycles. The Labute approximate surface area is 193 Å². The molecule has 0 aliphatic heterocycles. The van der Waals surface area contributed by atoms with Gasteiger partial charge in [0.15, 0.2) is 5.60 Å². The molecule has 1 atom stereocenters. The first-order chi connectivity index (χ1) is 16.1. The first-order valence-corrected chi connectivity index (χ1v) is 10.4. The second kappa shape index (κ2) is 8.69. The van der Waals surface area contributed by atoms with E-state index in [1.54, 1.807) is 10.8 Å². The quantitative estimate of drug-likeness (QED) is 0.405. The van der Waals surface area contributed by atoms with E-state index in [1.807, 2.05) is 54.6 Å². The summed E-state index contributed by atoms with van der Waals surface area (Å²) >= 11 is 0. The molecule has 1 heterocycles. The number of rotatable bonds is 5. The fourth-order valence-corrected chi connectivity index (χ4v) is 3.85. The number of carbonyl (C=O) groups is 1. The van der Waals surface area contributed by atoms with E-state index >= 15 is 0 Å². The third-order valence-corrected chi connectivity index (χ3v) is 5.57. The molecule has 3 aromatic carbocycles. The van der Waals surface area contributed by atoms with E-state index in [4.69, 9.17) is 5.26 Å². The molecule has 8 heteroatoms. The highest BCUT2D eigenvalue weighted by molar-refractivity contribution is 5.98.